The maximum Gasteiger partial charge on any atom is 0.334 e. The molecule has 2 rings (SSSR count). The number of pyridine rings is 1. The first-order valence-electron chi connectivity index (χ1n) is 6.60. The molecule has 0 N–H and O–H groups in total. The van der Waals surface area contributed by atoms with Gasteiger partial charge in [-0.2, -0.15) is 0 Å². The summed E-state index contributed by atoms with van der Waals surface area (Å²) >= 11 is 0. The molecule has 1 aromatic rings. The molecule has 0 spiro atoms. The fourth-order valence-corrected chi connectivity index (χ4v) is 1.83. The van der Waals surface area contributed by atoms with Crippen LogP contribution in [-0.4, -0.2) is 24.2 Å². The lowest BCUT2D eigenvalue weighted by Gasteiger charge is -2.22. The summed E-state index contributed by atoms with van der Waals surface area (Å²) in [5.74, 6) is 0.377. The molecule has 1 atom stereocenters. The molecule has 2 heterocycles. The Labute approximate surface area is 120 Å². The summed E-state index contributed by atoms with van der Waals surface area (Å²) in [6.45, 7) is 5.25. The smallest absolute Gasteiger partial charge is 0.334 e. The average molecular weight is 275 g/mol. The summed E-state index contributed by atoms with van der Waals surface area (Å²) in [6, 6.07) is 3.92. The van der Waals surface area contributed by atoms with Gasteiger partial charge in [0.25, 0.3) is 0 Å². The van der Waals surface area contributed by atoms with Crippen LogP contribution in [0.4, 0.5) is 0 Å². The van der Waals surface area contributed by atoms with Crippen molar-refractivity contribution in [3.05, 3.63) is 54.6 Å². The first-order chi connectivity index (χ1) is 9.69. The van der Waals surface area contributed by atoms with Crippen LogP contribution in [0.15, 0.2) is 49.0 Å². The SMILES string of the molecule is C=CC.COC1=CC(=O)OC(CCc2cccnc2)C1. The Hall–Kier alpha value is -2.10. The monoisotopic (exact) mass is 275 g/mol. The Morgan fingerprint density at radius 2 is 2.35 bits per heavy atom. The van der Waals surface area contributed by atoms with E-state index >= 15 is 0 Å². The van der Waals surface area contributed by atoms with Gasteiger partial charge >= 0.3 is 5.97 Å². The number of aromatic nitrogens is 1. The molecule has 1 unspecified atom stereocenters. The quantitative estimate of drug-likeness (QED) is 0.626. The van der Waals surface area contributed by atoms with E-state index < -0.39 is 0 Å². The van der Waals surface area contributed by atoms with E-state index in [0.717, 1.165) is 18.4 Å². The van der Waals surface area contributed by atoms with Gasteiger partial charge in [-0.25, -0.2) is 4.79 Å². The number of methoxy groups -OCH3 is 1. The summed E-state index contributed by atoms with van der Waals surface area (Å²) in [5, 5.41) is 0. The van der Waals surface area contributed by atoms with Crippen LogP contribution in [0.5, 0.6) is 0 Å². The normalized spacial score (nSPS) is 17.2. The third-order valence-corrected chi connectivity index (χ3v) is 2.73. The van der Waals surface area contributed by atoms with Crippen molar-refractivity contribution in [2.24, 2.45) is 0 Å². The lowest BCUT2D eigenvalue weighted by atomic mass is 10.0. The van der Waals surface area contributed by atoms with E-state index in [0.29, 0.717) is 12.2 Å². The predicted molar refractivity (Wildman–Crippen MR) is 78.0 cm³/mol. The number of ether oxygens (including phenoxy) is 2. The molecule has 20 heavy (non-hydrogen) atoms. The highest BCUT2D eigenvalue weighted by molar-refractivity contribution is 5.83. The second-order valence-electron chi connectivity index (χ2n) is 4.39. The molecular formula is C16H21NO3. The van der Waals surface area contributed by atoms with Crippen LogP contribution in [0, 0.1) is 0 Å². The minimum absolute atomic E-state index is 0.0948. The van der Waals surface area contributed by atoms with E-state index in [-0.39, 0.29) is 12.1 Å². The van der Waals surface area contributed by atoms with E-state index in [9.17, 15) is 4.79 Å². The molecule has 1 aromatic heterocycles. The van der Waals surface area contributed by atoms with Gasteiger partial charge in [0, 0.05) is 18.8 Å². The van der Waals surface area contributed by atoms with Crippen molar-refractivity contribution in [2.45, 2.75) is 32.3 Å². The van der Waals surface area contributed by atoms with Gasteiger partial charge in [-0.3, -0.25) is 4.98 Å². The van der Waals surface area contributed by atoms with E-state index in [1.165, 1.54) is 6.08 Å². The Morgan fingerprint density at radius 3 is 2.95 bits per heavy atom. The second kappa shape index (κ2) is 8.91. The topological polar surface area (TPSA) is 48.4 Å². The molecular weight excluding hydrogens is 254 g/mol. The van der Waals surface area contributed by atoms with Crippen LogP contribution in [0.3, 0.4) is 0 Å². The average Bonchev–Trinajstić information content (AvgIpc) is 2.46. The van der Waals surface area contributed by atoms with E-state index in [4.69, 9.17) is 9.47 Å². The third-order valence-electron chi connectivity index (χ3n) is 2.73. The molecule has 1 aliphatic heterocycles. The minimum Gasteiger partial charge on any atom is -0.501 e. The van der Waals surface area contributed by atoms with Crippen LogP contribution in [0.2, 0.25) is 0 Å². The lowest BCUT2D eigenvalue weighted by molar-refractivity contribution is -0.145. The molecule has 0 saturated heterocycles. The van der Waals surface area contributed by atoms with Crippen molar-refractivity contribution in [2.75, 3.05) is 7.11 Å². The zero-order chi connectivity index (χ0) is 14.8. The molecule has 0 saturated carbocycles. The van der Waals surface area contributed by atoms with Gasteiger partial charge in [0.05, 0.1) is 13.2 Å². The molecule has 0 bridgehead atoms. The van der Waals surface area contributed by atoms with Crippen LogP contribution in [0.1, 0.15) is 25.3 Å². The Balaban J connectivity index is 0.000000612. The van der Waals surface area contributed by atoms with Gasteiger partial charge in [0.2, 0.25) is 0 Å². The lowest BCUT2D eigenvalue weighted by Crippen LogP contribution is -2.23. The molecule has 4 heteroatoms. The fraction of sp³-hybridized carbons (Fsp3) is 0.375. The number of allylic oxidation sites excluding steroid dienone is 1. The zero-order valence-corrected chi connectivity index (χ0v) is 12.0. The number of aryl methyl sites for hydroxylation is 1. The maximum absolute atomic E-state index is 11.3. The molecule has 1 aliphatic rings. The third kappa shape index (κ3) is 5.69. The first-order valence-corrected chi connectivity index (χ1v) is 6.60. The number of cyclic esters (lactones) is 1. The van der Waals surface area contributed by atoms with Crippen molar-refractivity contribution < 1.29 is 14.3 Å². The summed E-state index contributed by atoms with van der Waals surface area (Å²) < 4.78 is 10.3. The Bertz CT molecular complexity index is 454. The summed E-state index contributed by atoms with van der Waals surface area (Å²) in [5.41, 5.74) is 1.15. The molecule has 0 radical (unpaired) electrons. The molecule has 0 aromatic carbocycles. The van der Waals surface area contributed by atoms with Gasteiger partial charge in [0.1, 0.15) is 11.9 Å². The van der Waals surface area contributed by atoms with Gasteiger partial charge in [-0.15, -0.1) is 6.58 Å². The van der Waals surface area contributed by atoms with Crippen LogP contribution >= 0.6 is 0 Å². The van der Waals surface area contributed by atoms with Crippen molar-refractivity contribution in [1.29, 1.82) is 0 Å². The number of rotatable bonds is 4. The van der Waals surface area contributed by atoms with Crippen molar-refractivity contribution >= 4 is 5.97 Å². The highest BCUT2D eigenvalue weighted by Crippen LogP contribution is 2.20. The highest BCUT2D eigenvalue weighted by Gasteiger charge is 2.21. The largest absolute Gasteiger partial charge is 0.501 e. The predicted octanol–water partition coefficient (Wildman–Crippen LogP) is 3.05. The number of nitrogens with zero attached hydrogens (tertiary/aromatic N) is 1. The standard InChI is InChI=1S/C13H15NO3.C3H6/c1-16-12-7-11(17-13(15)8-12)5-4-10-3-2-6-14-9-10;1-3-2/h2-3,6,8-9,11H,4-5,7H2,1H3;3H,1H2,2H3. The van der Waals surface area contributed by atoms with Crippen LogP contribution in [0.25, 0.3) is 0 Å². The number of carbonyl (C=O) groups excluding carboxylic acids is 1. The van der Waals surface area contributed by atoms with E-state index in [1.807, 2.05) is 25.3 Å². The van der Waals surface area contributed by atoms with Crippen LogP contribution < -0.4 is 0 Å². The number of esters is 1. The van der Waals surface area contributed by atoms with E-state index in [2.05, 4.69) is 11.6 Å². The Morgan fingerprint density at radius 1 is 1.60 bits per heavy atom. The highest BCUT2D eigenvalue weighted by atomic mass is 16.5. The zero-order valence-electron chi connectivity index (χ0n) is 12.0. The fourth-order valence-electron chi connectivity index (χ4n) is 1.83. The summed E-state index contributed by atoms with van der Waals surface area (Å²) in [4.78, 5) is 15.3. The van der Waals surface area contributed by atoms with Crippen LogP contribution in [-0.2, 0) is 20.7 Å². The molecule has 4 nitrogen and oxygen atoms in total. The second-order valence-corrected chi connectivity index (χ2v) is 4.39. The van der Waals surface area contributed by atoms with Gasteiger partial charge in [-0.05, 0) is 31.4 Å². The van der Waals surface area contributed by atoms with E-state index in [1.54, 1.807) is 19.4 Å². The number of hydrogen-bond acceptors (Lipinski definition) is 4. The molecule has 108 valence electrons. The Kier molecular flexibility index (Phi) is 7.11. The van der Waals surface area contributed by atoms with Gasteiger partial charge in [0.15, 0.2) is 0 Å². The van der Waals surface area contributed by atoms with Crippen molar-refractivity contribution in [3.63, 3.8) is 0 Å². The van der Waals surface area contributed by atoms with Gasteiger partial charge in [-0.1, -0.05) is 12.1 Å². The maximum atomic E-state index is 11.3. The van der Waals surface area contributed by atoms with Gasteiger partial charge < -0.3 is 9.47 Å². The number of carbonyl (C=O) groups is 1. The minimum atomic E-state index is -0.315. The molecule has 0 aliphatic carbocycles. The first kappa shape index (κ1) is 16.0. The molecule has 0 fully saturated rings. The van der Waals surface area contributed by atoms with Crippen molar-refractivity contribution in [3.8, 4) is 0 Å². The summed E-state index contributed by atoms with van der Waals surface area (Å²) in [6.07, 6.45) is 8.93. The van der Waals surface area contributed by atoms with Crippen molar-refractivity contribution in [1.82, 2.24) is 4.98 Å². The number of hydrogen-bond donors (Lipinski definition) is 0. The molecule has 0 amide bonds. The summed E-state index contributed by atoms with van der Waals surface area (Å²) in [7, 11) is 1.57.